The van der Waals surface area contributed by atoms with Crippen molar-refractivity contribution in [1.29, 1.82) is 0 Å². The van der Waals surface area contributed by atoms with Crippen LogP contribution < -0.4 is 4.74 Å². The van der Waals surface area contributed by atoms with Crippen molar-refractivity contribution in [3.8, 4) is 5.75 Å². The SMILES string of the molecule is COc1ccccc1CN(CCc1c[nH]c2ccccc12)C(=O)CN(Cc1ccc(F)cc1)C(=O)C1CCC1. The molecule has 0 radical (unpaired) electrons. The predicted octanol–water partition coefficient (Wildman–Crippen LogP) is 5.72. The smallest absolute Gasteiger partial charge is 0.242 e. The quantitative estimate of drug-likeness (QED) is 0.272. The van der Waals surface area contributed by atoms with Crippen LogP contribution in [-0.2, 0) is 29.1 Å². The number of hydrogen-bond donors (Lipinski definition) is 1. The van der Waals surface area contributed by atoms with E-state index in [2.05, 4.69) is 11.1 Å². The molecule has 0 bridgehead atoms. The van der Waals surface area contributed by atoms with E-state index >= 15 is 0 Å². The van der Waals surface area contributed by atoms with E-state index in [-0.39, 0.29) is 36.6 Å². The summed E-state index contributed by atoms with van der Waals surface area (Å²) in [5.74, 6) is 0.207. The van der Waals surface area contributed by atoms with Gasteiger partial charge in [0.15, 0.2) is 0 Å². The van der Waals surface area contributed by atoms with Crippen LogP contribution in [0.4, 0.5) is 4.39 Å². The van der Waals surface area contributed by atoms with Gasteiger partial charge in [-0.25, -0.2) is 4.39 Å². The summed E-state index contributed by atoms with van der Waals surface area (Å²) in [5.41, 5.74) is 3.90. The van der Waals surface area contributed by atoms with Gasteiger partial charge in [-0.3, -0.25) is 9.59 Å². The van der Waals surface area contributed by atoms with E-state index < -0.39 is 0 Å². The Labute approximate surface area is 228 Å². The fourth-order valence-electron chi connectivity index (χ4n) is 5.12. The van der Waals surface area contributed by atoms with Crippen molar-refractivity contribution < 1.29 is 18.7 Å². The molecule has 6 nitrogen and oxygen atoms in total. The number of amides is 2. The number of para-hydroxylation sites is 2. The second kappa shape index (κ2) is 12.2. The number of carbonyl (C=O) groups excluding carboxylic acids is 2. The molecule has 0 spiro atoms. The lowest BCUT2D eigenvalue weighted by Crippen LogP contribution is -2.46. The molecule has 0 unspecified atom stereocenters. The van der Waals surface area contributed by atoms with Crippen LogP contribution >= 0.6 is 0 Å². The van der Waals surface area contributed by atoms with Crippen LogP contribution in [0.2, 0.25) is 0 Å². The summed E-state index contributed by atoms with van der Waals surface area (Å²) in [4.78, 5) is 34.0. The number of ether oxygens (including phenoxy) is 1. The molecule has 7 heteroatoms. The highest BCUT2D eigenvalue weighted by Crippen LogP contribution is 2.29. The third-order valence-corrected chi connectivity index (χ3v) is 7.61. The first-order valence-corrected chi connectivity index (χ1v) is 13.5. The number of H-pyrrole nitrogens is 1. The molecule has 39 heavy (non-hydrogen) atoms. The molecule has 1 aliphatic carbocycles. The lowest BCUT2D eigenvalue weighted by molar-refractivity contribution is -0.145. The lowest BCUT2D eigenvalue weighted by atomic mass is 9.84. The Kier molecular flexibility index (Phi) is 8.25. The highest BCUT2D eigenvalue weighted by molar-refractivity contribution is 5.87. The maximum atomic E-state index is 13.9. The zero-order valence-electron chi connectivity index (χ0n) is 22.2. The van der Waals surface area contributed by atoms with Crippen molar-refractivity contribution in [3.05, 3.63) is 102 Å². The van der Waals surface area contributed by atoms with E-state index in [0.717, 1.165) is 52.6 Å². The monoisotopic (exact) mass is 527 g/mol. The number of methoxy groups -OCH3 is 1. The van der Waals surface area contributed by atoms with Gasteiger partial charge in [0.25, 0.3) is 0 Å². The zero-order valence-corrected chi connectivity index (χ0v) is 22.2. The Bertz CT molecular complexity index is 1430. The Morgan fingerprint density at radius 3 is 2.41 bits per heavy atom. The van der Waals surface area contributed by atoms with E-state index in [1.165, 1.54) is 12.1 Å². The van der Waals surface area contributed by atoms with E-state index in [0.29, 0.717) is 19.5 Å². The molecule has 1 N–H and O–H groups in total. The third-order valence-electron chi connectivity index (χ3n) is 7.61. The number of halogens is 1. The molecule has 1 saturated carbocycles. The molecule has 202 valence electrons. The largest absolute Gasteiger partial charge is 0.496 e. The summed E-state index contributed by atoms with van der Waals surface area (Å²) in [6.07, 6.45) is 5.38. The molecule has 0 atom stereocenters. The van der Waals surface area contributed by atoms with Gasteiger partial charge in [0.1, 0.15) is 18.1 Å². The van der Waals surface area contributed by atoms with Crippen molar-refractivity contribution in [2.24, 2.45) is 5.92 Å². The summed E-state index contributed by atoms with van der Waals surface area (Å²) in [6.45, 7) is 1.09. The Morgan fingerprint density at radius 1 is 0.923 bits per heavy atom. The van der Waals surface area contributed by atoms with Crippen molar-refractivity contribution in [2.45, 2.75) is 38.8 Å². The van der Waals surface area contributed by atoms with Crippen molar-refractivity contribution >= 4 is 22.7 Å². The van der Waals surface area contributed by atoms with Gasteiger partial charge < -0.3 is 19.5 Å². The molecule has 2 amide bonds. The Morgan fingerprint density at radius 2 is 1.67 bits per heavy atom. The minimum Gasteiger partial charge on any atom is -0.496 e. The van der Waals surface area contributed by atoms with Crippen LogP contribution in [0.5, 0.6) is 5.75 Å². The number of aromatic amines is 1. The van der Waals surface area contributed by atoms with Gasteiger partial charge in [0, 0.05) is 48.2 Å². The molecular weight excluding hydrogens is 493 g/mol. The number of nitrogens with one attached hydrogen (secondary N) is 1. The molecule has 0 aliphatic heterocycles. The number of fused-ring (bicyclic) bond motifs is 1. The first kappa shape index (κ1) is 26.5. The Balaban J connectivity index is 1.38. The fraction of sp³-hybridized carbons (Fsp3) is 0.312. The van der Waals surface area contributed by atoms with Gasteiger partial charge in [-0.15, -0.1) is 0 Å². The van der Waals surface area contributed by atoms with E-state index in [4.69, 9.17) is 4.74 Å². The number of carbonyl (C=O) groups is 2. The number of nitrogens with zero attached hydrogens (tertiary/aromatic N) is 2. The first-order valence-electron chi connectivity index (χ1n) is 13.5. The highest BCUT2D eigenvalue weighted by atomic mass is 19.1. The zero-order chi connectivity index (χ0) is 27.2. The standard InChI is InChI=1S/C32H34FN3O3/c1-39-30-12-5-2-7-26(30)21-35(18-17-25-19-34-29-11-4-3-10-28(25)29)31(37)22-36(32(38)24-8-6-9-24)20-23-13-15-27(33)16-14-23/h2-5,7,10-16,19,24,34H,6,8-9,17-18,20-22H2,1H3. The topological polar surface area (TPSA) is 65.6 Å². The van der Waals surface area contributed by atoms with E-state index in [1.54, 1.807) is 24.1 Å². The summed E-state index contributed by atoms with van der Waals surface area (Å²) < 4.78 is 19.1. The van der Waals surface area contributed by atoms with Gasteiger partial charge >= 0.3 is 0 Å². The molecule has 0 saturated heterocycles. The molecule has 1 heterocycles. The van der Waals surface area contributed by atoms with Crippen LogP contribution in [0.1, 0.15) is 36.0 Å². The average Bonchev–Trinajstić information content (AvgIpc) is 3.34. The first-order chi connectivity index (χ1) is 19.0. The molecule has 1 fully saturated rings. The molecule has 5 rings (SSSR count). The van der Waals surface area contributed by atoms with Gasteiger partial charge in [-0.2, -0.15) is 0 Å². The summed E-state index contributed by atoms with van der Waals surface area (Å²) >= 11 is 0. The van der Waals surface area contributed by atoms with Crippen molar-refractivity contribution in [3.63, 3.8) is 0 Å². The van der Waals surface area contributed by atoms with E-state index in [1.807, 2.05) is 53.6 Å². The highest BCUT2D eigenvalue weighted by Gasteiger charge is 2.31. The van der Waals surface area contributed by atoms with Gasteiger partial charge in [-0.05, 0) is 54.7 Å². The molecule has 1 aromatic heterocycles. The van der Waals surface area contributed by atoms with E-state index in [9.17, 15) is 14.0 Å². The summed E-state index contributed by atoms with van der Waals surface area (Å²) in [7, 11) is 1.62. The molecular formula is C32H34FN3O3. The van der Waals surface area contributed by atoms with Gasteiger partial charge in [0.2, 0.25) is 11.8 Å². The fourth-order valence-corrected chi connectivity index (χ4v) is 5.12. The molecule has 3 aromatic carbocycles. The summed E-state index contributed by atoms with van der Waals surface area (Å²) in [5, 5.41) is 1.14. The number of rotatable bonds is 11. The Hall–Kier alpha value is -4.13. The lowest BCUT2D eigenvalue weighted by Gasteiger charge is -2.33. The third kappa shape index (κ3) is 6.30. The number of aromatic nitrogens is 1. The van der Waals surface area contributed by atoms with Gasteiger partial charge in [0.05, 0.1) is 7.11 Å². The maximum absolute atomic E-state index is 13.9. The second-order valence-electron chi connectivity index (χ2n) is 10.2. The maximum Gasteiger partial charge on any atom is 0.242 e. The predicted molar refractivity (Wildman–Crippen MR) is 150 cm³/mol. The van der Waals surface area contributed by atoms with Crippen LogP contribution in [-0.4, -0.2) is 46.8 Å². The van der Waals surface area contributed by atoms with Crippen LogP contribution in [0, 0.1) is 11.7 Å². The average molecular weight is 528 g/mol. The minimum atomic E-state index is -0.327. The van der Waals surface area contributed by atoms with Crippen molar-refractivity contribution in [2.75, 3.05) is 20.2 Å². The van der Waals surface area contributed by atoms with Crippen LogP contribution in [0.3, 0.4) is 0 Å². The number of benzene rings is 3. The molecule has 4 aromatic rings. The van der Waals surface area contributed by atoms with Crippen molar-refractivity contribution in [1.82, 2.24) is 14.8 Å². The number of hydrogen-bond acceptors (Lipinski definition) is 3. The van der Waals surface area contributed by atoms with Gasteiger partial charge in [-0.1, -0.05) is 55.0 Å². The van der Waals surface area contributed by atoms with Crippen LogP contribution in [0.25, 0.3) is 10.9 Å². The second-order valence-corrected chi connectivity index (χ2v) is 10.2. The molecule has 1 aliphatic rings. The minimum absolute atomic E-state index is 0.00667. The van der Waals surface area contributed by atoms with Crippen LogP contribution in [0.15, 0.2) is 79.0 Å². The summed E-state index contributed by atoms with van der Waals surface area (Å²) in [6, 6.07) is 21.9. The normalized spacial score (nSPS) is 13.2.